The molecule has 52 heavy (non-hydrogen) atoms. The van der Waals surface area contributed by atoms with E-state index in [4.69, 9.17) is 19.4 Å². The summed E-state index contributed by atoms with van der Waals surface area (Å²) < 4.78 is 44.9. The number of amides is 1. The number of rotatable bonds is 5. The van der Waals surface area contributed by atoms with Crippen LogP contribution < -0.4 is 15.0 Å². The van der Waals surface area contributed by atoms with Crippen LogP contribution in [0.3, 0.4) is 0 Å². The van der Waals surface area contributed by atoms with Gasteiger partial charge < -0.3 is 29.2 Å². The fourth-order valence-corrected chi connectivity index (χ4v) is 7.47. The lowest BCUT2D eigenvalue weighted by atomic mass is 10.1. The number of hydrogen-bond acceptors (Lipinski definition) is 10. The highest BCUT2D eigenvalue weighted by Gasteiger charge is 2.41. The summed E-state index contributed by atoms with van der Waals surface area (Å²) in [6, 6.07) is 12.1. The zero-order valence-corrected chi connectivity index (χ0v) is 28.8. The molecule has 1 saturated carbocycles. The van der Waals surface area contributed by atoms with E-state index in [9.17, 15) is 13.6 Å². The molecule has 2 fully saturated rings. The number of nitrogens with zero attached hydrogens (tertiary/aromatic N) is 9. The van der Waals surface area contributed by atoms with Crippen molar-refractivity contribution in [2.75, 3.05) is 37.5 Å². The van der Waals surface area contributed by atoms with Gasteiger partial charge in [-0.1, -0.05) is 6.07 Å². The van der Waals surface area contributed by atoms with E-state index in [1.165, 1.54) is 30.6 Å². The molecule has 15 heteroatoms. The average molecular weight is 707 g/mol. The second kappa shape index (κ2) is 12.5. The molecular formula is C37H36F2N10O3. The molecular weight excluding hydrogens is 670 g/mol. The van der Waals surface area contributed by atoms with Gasteiger partial charge in [0.1, 0.15) is 52.9 Å². The van der Waals surface area contributed by atoms with Crippen LogP contribution in [0.15, 0.2) is 61.1 Å². The van der Waals surface area contributed by atoms with Crippen LogP contribution in [0, 0.1) is 18.6 Å². The zero-order chi connectivity index (χ0) is 35.7. The van der Waals surface area contributed by atoms with E-state index in [1.54, 1.807) is 36.0 Å². The Morgan fingerprint density at radius 3 is 2.65 bits per heavy atom. The number of aryl methyl sites for hydroxylation is 1. The maximum absolute atomic E-state index is 15.0. The van der Waals surface area contributed by atoms with E-state index in [2.05, 4.69) is 20.4 Å². The molecule has 1 aliphatic carbocycles. The topological polar surface area (TPSA) is 128 Å². The first-order valence-electron chi connectivity index (χ1n) is 17.3. The first-order valence-corrected chi connectivity index (χ1v) is 17.3. The lowest BCUT2D eigenvalue weighted by Gasteiger charge is -2.30. The van der Waals surface area contributed by atoms with E-state index in [0.29, 0.717) is 82.8 Å². The summed E-state index contributed by atoms with van der Waals surface area (Å²) in [5.41, 5.74) is 3.54. The normalized spacial score (nSPS) is 20.6. The Balaban J connectivity index is 1.12. The molecule has 6 heterocycles. The number of hydrogen-bond donors (Lipinski definition) is 1. The summed E-state index contributed by atoms with van der Waals surface area (Å²) in [4.78, 5) is 37.0. The van der Waals surface area contributed by atoms with Gasteiger partial charge in [-0.15, -0.1) is 0 Å². The van der Waals surface area contributed by atoms with Crippen LogP contribution in [-0.4, -0.2) is 96.6 Å². The Kier molecular flexibility index (Phi) is 7.75. The molecule has 2 aliphatic heterocycles. The first-order chi connectivity index (χ1) is 25.2. The number of fused-ring (bicyclic) bond motifs is 6. The minimum atomic E-state index is -0.595. The van der Waals surface area contributed by atoms with Crippen LogP contribution in [0.4, 0.5) is 20.4 Å². The fourth-order valence-electron chi connectivity index (χ4n) is 7.47. The third-order valence-corrected chi connectivity index (χ3v) is 10.1. The predicted octanol–water partition coefficient (Wildman–Crippen LogP) is 4.90. The fraction of sp³-hybridized carbons (Fsp3) is 0.351. The molecule has 6 aromatic rings. The lowest BCUT2D eigenvalue weighted by Crippen LogP contribution is -2.47. The van der Waals surface area contributed by atoms with Gasteiger partial charge in [0, 0.05) is 51.0 Å². The van der Waals surface area contributed by atoms with E-state index < -0.39 is 23.8 Å². The van der Waals surface area contributed by atoms with E-state index in [0.717, 1.165) is 18.4 Å². The summed E-state index contributed by atoms with van der Waals surface area (Å²) in [6.07, 6.45) is 5.06. The smallest absolute Gasteiger partial charge is 0.245 e. The van der Waals surface area contributed by atoms with E-state index in [1.807, 2.05) is 34.6 Å². The van der Waals surface area contributed by atoms with Crippen molar-refractivity contribution >= 4 is 39.6 Å². The quantitative estimate of drug-likeness (QED) is 0.265. The maximum Gasteiger partial charge on any atom is 0.245 e. The van der Waals surface area contributed by atoms with Crippen molar-refractivity contribution in [3.8, 4) is 22.7 Å². The van der Waals surface area contributed by atoms with E-state index >= 15 is 0 Å². The summed E-state index contributed by atoms with van der Waals surface area (Å²) in [7, 11) is 3.40. The van der Waals surface area contributed by atoms with Crippen molar-refractivity contribution in [2.24, 2.45) is 0 Å². The van der Waals surface area contributed by atoms with Crippen molar-refractivity contribution < 1.29 is 23.0 Å². The number of methoxy groups -OCH3 is 1. The molecule has 1 N–H and O–H groups in total. The zero-order valence-electron chi connectivity index (χ0n) is 28.8. The number of aromatic nitrogens is 7. The molecule has 1 unspecified atom stereocenters. The average Bonchev–Trinajstić information content (AvgIpc) is 3.54. The van der Waals surface area contributed by atoms with Gasteiger partial charge in [0.25, 0.3) is 0 Å². The van der Waals surface area contributed by atoms with Crippen molar-refractivity contribution in [3.05, 3.63) is 78.5 Å². The molecule has 4 bridgehead atoms. The van der Waals surface area contributed by atoms with Gasteiger partial charge in [-0.3, -0.25) is 4.79 Å². The number of anilines is 2. The van der Waals surface area contributed by atoms with Gasteiger partial charge in [-0.25, -0.2) is 33.4 Å². The molecule has 4 aromatic heterocycles. The molecule has 266 valence electrons. The highest BCUT2D eigenvalue weighted by atomic mass is 19.1. The van der Waals surface area contributed by atoms with Crippen LogP contribution in [-0.2, 0) is 16.1 Å². The van der Waals surface area contributed by atoms with E-state index in [-0.39, 0.29) is 18.1 Å². The van der Waals surface area contributed by atoms with Gasteiger partial charge in [-0.2, -0.15) is 5.10 Å². The van der Waals surface area contributed by atoms with Gasteiger partial charge in [0.2, 0.25) is 5.91 Å². The molecule has 0 radical (unpaired) electrons. The Morgan fingerprint density at radius 2 is 1.83 bits per heavy atom. The van der Waals surface area contributed by atoms with Crippen LogP contribution in [0.1, 0.15) is 25.1 Å². The molecule has 3 aliphatic rings. The summed E-state index contributed by atoms with van der Waals surface area (Å²) >= 11 is 0. The molecule has 1 amide bonds. The molecule has 1 saturated heterocycles. The largest absolute Gasteiger partial charge is 0.488 e. The minimum absolute atomic E-state index is 0.0492. The Labute approximate surface area is 297 Å². The molecule has 2 aromatic carbocycles. The minimum Gasteiger partial charge on any atom is -0.488 e. The van der Waals surface area contributed by atoms with Gasteiger partial charge in [0.15, 0.2) is 5.65 Å². The van der Waals surface area contributed by atoms with Crippen LogP contribution >= 0.6 is 0 Å². The van der Waals surface area contributed by atoms with Gasteiger partial charge in [-0.05, 0) is 56.5 Å². The van der Waals surface area contributed by atoms with Crippen molar-refractivity contribution in [2.45, 2.75) is 57.0 Å². The molecule has 9 rings (SSSR count). The van der Waals surface area contributed by atoms with Crippen molar-refractivity contribution in [1.82, 2.24) is 39.2 Å². The maximum atomic E-state index is 15.0. The monoisotopic (exact) mass is 706 g/mol. The number of carbonyl (C=O) groups excluding carboxylic acids is 1. The van der Waals surface area contributed by atoms with Crippen LogP contribution in [0.5, 0.6) is 5.75 Å². The van der Waals surface area contributed by atoms with Crippen molar-refractivity contribution in [3.63, 3.8) is 0 Å². The highest BCUT2D eigenvalue weighted by molar-refractivity contribution is 5.94. The standard InChI is InChI=1S/C37H36F2N10O3/c1-20-43-29-12-22(39)11-26-28-5-4-6-33(45-28)44-23-14-31(37(50)46(2)17-25(51-3)18-47(20)34(26)29)48(16-23)35-27-15-42-49(36(27)41-19-40-35)30-10-7-21(38)13-32(30)52-24-8-9-24/h4-7,10-13,15,19,23-25,31H,8-9,14,16-18H2,1-3H3,(H,44,45)/t23-,25?,31-/m0/s1. The summed E-state index contributed by atoms with van der Waals surface area (Å²) in [5.74, 6) is 1.32. The highest BCUT2D eigenvalue weighted by Crippen LogP contribution is 2.37. The van der Waals surface area contributed by atoms with Crippen LogP contribution in [0.2, 0.25) is 0 Å². The van der Waals surface area contributed by atoms with Gasteiger partial charge >= 0.3 is 0 Å². The second-order valence-electron chi connectivity index (χ2n) is 13.7. The Hall–Kier alpha value is -5.70. The molecule has 0 spiro atoms. The Morgan fingerprint density at radius 1 is 0.962 bits per heavy atom. The predicted molar refractivity (Wildman–Crippen MR) is 190 cm³/mol. The lowest BCUT2D eigenvalue weighted by molar-refractivity contribution is -0.132. The summed E-state index contributed by atoms with van der Waals surface area (Å²) in [6.45, 7) is 2.97. The molecule has 3 atom stereocenters. The number of likely N-dealkylation sites (N-methyl/N-ethyl adjacent to an activating group) is 1. The molecule has 13 nitrogen and oxygen atoms in total. The Bertz CT molecular complexity index is 2360. The number of imidazole rings is 1. The number of nitrogens with one attached hydrogen (secondary N) is 1. The number of halogens is 2. The van der Waals surface area contributed by atoms with Crippen molar-refractivity contribution in [1.29, 1.82) is 0 Å². The number of ether oxygens (including phenoxy) is 2. The second-order valence-corrected chi connectivity index (χ2v) is 13.7. The number of carbonyl (C=O) groups is 1. The van der Waals surface area contributed by atoms with Gasteiger partial charge in [0.05, 0.1) is 47.1 Å². The third-order valence-electron chi connectivity index (χ3n) is 10.1. The first kappa shape index (κ1) is 32.2. The number of benzene rings is 2. The summed E-state index contributed by atoms with van der Waals surface area (Å²) in [5, 5.41) is 8.83. The third kappa shape index (κ3) is 5.64. The van der Waals surface area contributed by atoms with Crippen LogP contribution in [0.25, 0.3) is 39.0 Å². The number of pyridine rings is 1. The SMILES string of the molecule is COC1CN(C)C(=O)[C@@H]2C[C@@H](CN2c2ncnc3c2cnn3-c2ccc(F)cc2OC2CC2)Nc2cccc(n2)-c2cc(F)cc3nc(C)n(c23)C1.